The van der Waals surface area contributed by atoms with Crippen molar-refractivity contribution in [2.75, 3.05) is 0 Å². The first-order valence-electron chi connectivity index (χ1n) is 8.36. The molecular formula is C19H28O2. The fourth-order valence-electron chi connectivity index (χ4n) is 5.07. The van der Waals surface area contributed by atoms with Gasteiger partial charge in [0.15, 0.2) is 0 Å². The maximum absolute atomic E-state index is 12.7. The smallest absolute Gasteiger partial charge is 0.144 e. The van der Waals surface area contributed by atoms with Gasteiger partial charge in [-0.2, -0.15) is 0 Å². The minimum absolute atomic E-state index is 0.0720. The number of hydrogen-bond donors (Lipinski definition) is 0. The summed E-state index contributed by atoms with van der Waals surface area (Å²) < 4.78 is 6.42. The van der Waals surface area contributed by atoms with E-state index in [1.807, 2.05) is 6.08 Å². The van der Waals surface area contributed by atoms with Crippen LogP contribution in [0.25, 0.3) is 0 Å². The van der Waals surface area contributed by atoms with Gasteiger partial charge in [-0.05, 0) is 44.4 Å². The van der Waals surface area contributed by atoms with Crippen molar-refractivity contribution in [3.8, 4) is 0 Å². The zero-order chi connectivity index (χ0) is 15.4. The fraction of sp³-hybridized carbons (Fsp3) is 0.737. The summed E-state index contributed by atoms with van der Waals surface area (Å²) >= 11 is 0. The van der Waals surface area contributed by atoms with Gasteiger partial charge in [0.25, 0.3) is 0 Å². The first-order chi connectivity index (χ1) is 9.90. The quantitative estimate of drug-likeness (QED) is 0.729. The molecule has 0 aromatic heterocycles. The summed E-state index contributed by atoms with van der Waals surface area (Å²) in [4.78, 5) is 12.7. The predicted molar refractivity (Wildman–Crippen MR) is 84.9 cm³/mol. The van der Waals surface area contributed by atoms with Crippen molar-refractivity contribution >= 4 is 5.78 Å². The van der Waals surface area contributed by atoms with Crippen LogP contribution in [-0.2, 0) is 9.53 Å². The van der Waals surface area contributed by atoms with E-state index in [1.165, 1.54) is 5.57 Å². The Labute approximate surface area is 128 Å². The molecule has 2 fully saturated rings. The van der Waals surface area contributed by atoms with Crippen LogP contribution in [0.2, 0.25) is 0 Å². The molecule has 2 nitrogen and oxygen atoms in total. The zero-order valence-corrected chi connectivity index (χ0v) is 13.8. The molecule has 2 aliphatic heterocycles. The summed E-state index contributed by atoms with van der Waals surface area (Å²) in [6.07, 6.45) is 6.93. The minimum Gasteiger partial charge on any atom is -0.373 e. The SMILES string of the molecule is C=CC[C@@]1(C)C(=O)C[C@H]2O[C@@H]1[C@H]1[C@@H]2C(C)=CC[C@@H]1C(C)C. The summed E-state index contributed by atoms with van der Waals surface area (Å²) in [7, 11) is 0. The molecule has 2 bridgehead atoms. The largest absolute Gasteiger partial charge is 0.373 e. The second-order valence-electron chi connectivity index (χ2n) is 7.83. The Balaban J connectivity index is 2.04. The highest BCUT2D eigenvalue weighted by atomic mass is 16.5. The van der Waals surface area contributed by atoms with E-state index in [0.717, 1.165) is 12.8 Å². The van der Waals surface area contributed by atoms with Crippen LogP contribution in [0.3, 0.4) is 0 Å². The van der Waals surface area contributed by atoms with Crippen LogP contribution >= 0.6 is 0 Å². The lowest BCUT2D eigenvalue weighted by molar-refractivity contribution is -0.153. The third-order valence-electron chi connectivity index (χ3n) is 6.29. The van der Waals surface area contributed by atoms with Crippen LogP contribution in [0.15, 0.2) is 24.3 Å². The monoisotopic (exact) mass is 288 g/mol. The van der Waals surface area contributed by atoms with Crippen molar-refractivity contribution in [1.82, 2.24) is 0 Å². The van der Waals surface area contributed by atoms with Crippen molar-refractivity contribution in [3.63, 3.8) is 0 Å². The molecule has 0 spiro atoms. The molecule has 3 aliphatic rings. The van der Waals surface area contributed by atoms with Gasteiger partial charge >= 0.3 is 0 Å². The van der Waals surface area contributed by atoms with Crippen molar-refractivity contribution in [2.45, 2.75) is 59.2 Å². The summed E-state index contributed by atoms with van der Waals surface area (Å²) in [6, 6.07) is 0. The highest BCUT2D eigenvalue weighted by Gasteiger charge is 2.61. The molecule has 21 heavy (non-hydrogen) atoms. The lowest BCUT2D eigenvalue weighted by Crippen LogP contribution is -2.48. The number of carbonyl (C=O) groups excluding carboxylic acids is 1. The average Bonchev–Trinajstić information content (AvgIpc) is 2.75. The van der Waals surface area contributed by atoms with E-state index in [2.05, 4.69) is 40.3 Å². The van der Waals surface area contributed by atoms with E-state index in [-0.39, 0.29) is 17.6 Å². The summed E-state index contributed by atoms with van der Waals surface area (Å²) in [5.41, 5.74) is 1.07. The fourth-order valence-corrected chi connectivity index (χ4v) is 5.07. The van der Waals surface area contributed by atoms with Gasteiger partial charge in [-0.3, -0.25) is 4.79 Å². The van der Waals surface area contributed by atoms with Crippen LogP contribution in [0, 0.1) is 29.1 Å². The van der Waals surface area contributed by atoms with Gasteiger partial charge in [0, 0.05) is 12.3 Å². The van der Waals surface area contributed by atoms with Gasteiger partial charge in [0.2, 0.25) is 0 Å². The maximum Gasteiger partial charge on any atom is 0.144 e. The van der Waals surface area contributed by atoms with Crippen LogP contribution in [-0.4, -0.2) is 18.0 Å². The molecular weight excluding hydrogens is 260 g/mol. The Morgan fingerprint density at radius 3 is 2.86 bits per heavy atom. The van der Waals surface area contributed by atoms with Crippen LogP contribution < -0.4 is 0 Å². The molecule has 2 saturated heterocycles. The average molecular weight is 288 g/mol. The van der Waals surface area contributed by atoms with Gasteiger partial charge < -0.3 is 4.74 Å². The lowest BCUT2D eigenvalue weighted by Gasteiger charge is -2.42. The highest BCUT2D eigenvalue weighted by Crippen LogP contribution is 2.57. The molecule has 2 heterocycles. The number of ketones is 1. The van der Waals surface area contributed by atoms with Crippen molar-refractivity contribution in [3.05, 3.63) is 24.3 Å². The number of ether oxygens (including phenoxy) is 1. The predicted octanol–water partition coefficient (Wildman–Crippen LogP) is 4.16. The minimum atomic E-state index is -0.373. The molecule has 0 amide bonds. The molecule has 0 aromatic carbocycles. The third kappa shape index (κ3) is 2.06. The van der Waals surface area contributed by atoms with Crippen molar-refractivity contribution in [1.29, 1.82) is 0 Å². The molecule has 0 saturated carbocycles. The van der Waals surface area contributed by atoms with E-state index < -0.39 is 0 Å². The molecule has 6 atom stereocenters. The van der Waals surface area contributed by atoms with Gasteiger partial charge in [0.1, 0.15) is 5.78 Å². The standard InChI is InChI=1S/C19H28O2/c1-6-9-19(5)15(20)10-14-16-12(4)7-8-13(11(2)3)17(16)18(19)21-14/h6-7,11,13-14,16-18H,1,8-10H2,2-5H3/t13-,14-,16-,17-,18-,19+/m1/s1. The third-order valence-corrected chi connectivity index (χ3v) is 6.29. The van der Waals surface area contributed by atoms with E-state index in [4.69, 9.17) is 4.74 Å². The second-order valence-corrected chi connectivity index (χ2v) is 7.83. The van der Waals surface area contributed by atoms with Crippen LogP contribution in [0.5, 0.6) is 0 Å². The van der Waals surface area contributed by atoms with E-state index in [9.17, 15) is 4.79 Å². The van der Waals surface area contributed by atoms with E-state index in [1.54, 1.807) is 0 Å². The Bertz CT molecular complexity index is 490. The van der Waals surface area contributed by atoms with Crippen molar-refractivity contribution < 1.29 is 9.53 Å². The molecule has 0 aromatic rings. The van der Waals surface area contributed by atoms with Gasteiger partial charge in [-0.1, -0.05) is 31.6 Å². The number of allylic oxidation sites excluding steroid dienone is 2. The van der Waals surface area contributed by atoms with Crippen LogP contribution in [0.1, 0.15) is 47.0 Å². The number of hydrogen-bond acceptors (Lipinski definition) is 2. The highest BCUT2D eigenvalue weighted by molar-refractivity contribution is 5.87. The molecule has 2 heteroatoms. The van der Waals surface area contributed by atoms with Gasteiger partial charge in [0.05, 0.1) is 17.6 Å². The molecule has 0 radical (unpaired) electrons. The first-order valence-corrected chi connectivity index (χ1v) is 8.36. The maximum atomic E-state index is 12.7. The zero-order valence-electron chi connectivity index (χ0n) is 13.8. The molecule has 0 N–H and O–H groups in total. The van der Waals surface area contributed by atoms with Gasteiger partial charge in [-0.15, -0.1) is 6.58 Å². The summed E-state index contributed by atoms with van der Waals surface area (Å²) in [5, 5.41) is 0. The molecule has 3 rings (SSSR count). The number of rotatable bonds is 3. The molecule has 0 unspecified atom stereocenters. The molecule has 116 valence electrons. The first kappa shape index (κ1) is 15.0. The number of Topliss-reactive ketones (excluding diaryl/α,β-unsaturated/α-hetero) is 1. The van der Waals surface area contributed by atoms with Crippen molar-refractivity contribution in [2.24, 2.45) is 29.1 Å². The number of carbonyl (C=O) groups is 1. The summed E-state index contributed by atoms with van der Waals surface area (Å²) in [6.45, 7) is 12.8. The van der Waals surface area contributed by atoms with Crippen LogP contribution in [0.4, 0.5) is 0 Å². The Kier molecular flexibility index (Phi) is 3.64. The topological polar surface area (TPSA) is 26.3 Å². The van der Waals surface area contributed by atoms with E-state index in [0.29, 0.717) is 35.9 Å². The lowest BCUT2D eigenvalue weighted by atomic mass is 9.62. The Hall–Kier alpha value is -0.890. The molecule has 1 aliphatic carbocycles. The Morgan fingerprint density at radius 1 is 1.52 bits per heavy atom. The van der Waals surface area contributed by atoms with Gasteiger partial charge in [-0.25, -0.2) is 0 Å². The number of fused-ring (bicyclic) bond motifs is 5. The Morgan fingerprint density at radius 2 is 2.24 bits per heavy atom. The van der Waals surface area contributed by atoms with E-state index >= 15 is 0 Å². The second kappa shape index (κ2) is 5.08. The summed E-state index contributed by atoms with van der Waals surface area (Å²) in [5.74, 6) is 2.59. The normalized spacial score (nSPS) is 45.5.